The minimum atomic E-state index is -0.990. The van der Waals surface area contributed by atoms with Gasteiger partial charge < -0.3 is 16.4 Å². The van der Waals surface area contributed by atoms with Gasteiger partial charge in [0, 0.05) is 23.5 Å². The summed E-state index contributed by atoms with van der Waals surface area (Å²) in [5.41, 5.74) is 6.87. The first-order chi connectivity index (χ1) is 19.7. The Morgan fingerprint density at radius 3 is 2.54 bits per heavy atom. The number of carbonyl (C=O) groups excluding carboxylic acids is 3. The summed E-state index contributed by atoms with van der Waals surface area (Å²) in [4.78, 5) is 42.9. The Morgan fingerprint density at radius 2 is 1.78 bits per heavy atom. The maximum atomic E-state index is 14.2. The van der Waals surface area contributed by atoms with Gasteiger partial charge in [-0.25, -0.2) is 13.2 Å². The van der Waals surface area contributed by atoms with Crippen LogP contribution in [0, 0.1) is 23.4 Å². The minimum absolute atomic E-state index is 0.0448. The van der Waals surface area contributed by atoms with Crippen molar-refractivity contribution in [2.24, 2.45) is 11.7 Å². The van der Waals surface area contributed by atoms with Crippen LogP contribution in [-0.4, -0.2) is 22.7 Å². The lowest BCUT2D eigenvalue weighted by Gasteiger charge is -2.22. The molecule has 2 aliphatic rings. The van der Waals surface area contributed by atoms with Crippen LogP contribution in [0.5, 0.6) is 0 Å². The molecule has 206 valence electrons. The van der Waals surface area contributed by atoms with Gasteiger partial charge in [-0.15, -0.1) is 0 Å². The number of hydrogen-bond acceptors (Lipinski definition) is 4. The van der Waals surface area contributed by atoms with E-state index in [4.69, 9.17) is 5.73 Å². The predicted octanol–water partition coefficient (Wildman–Crippen LogP) is 4.57. The van der Waals surface area contributed by atoms with E-state index in [1.165, 1.54) is 18.3 Å². The van der Waals surface area contributed by atoms with Gasteiger partial charge in [0.15, 0.2) is 0 Å². The van der Waals surface area contributed by atoms with Crippen molar-refractivity contribution in [2.45, 2.75) is 24.3 Å². The van der Waals surface area contributed by atoms with Crippen molar-refractivity contribution in [3.05, 3.63) is 119 Å². The number of rotatable bonds is 7. The molecule has 1 aliphatic heterocycles. The number of nitrogens with two attached hydrogens (primary N) is 1. The minimum Gasteiger partial charge on any atom is -0.366 e. The molecule has 0 saturated heterocycles. The number of primary amides is 1. The lowest BCUT2D eigenvalue weighted by atomic mass is 9.93. The van der Waals surface area contributed by atoms with Crippen LogP contribution < -0.4 is 16.4 Å². The van der Waals surface area contributed by atoms with E-state index in [9.17, 15) is 27.6 Å². The molecule has 0 radical (unpaired) electrons. The highest BCUT2D eigenvalue weighted by atomic mass is 19.1. The number of amides is 3. The predicted molar refractivity (Wildman–Crippen MR) is 144 cm³/mol. The normalized spacial score (nSPS) is 19.4. The number of fused-ring (bicyclic) bond motifs is 2. The van der Waals surface area contributed by atoms with Gasteiger partial charge >= 0.3 is 0 Å². The molecule has 2 heterocycles. The molecular weight excluding hydrogens is 533 g/mol. The van der Waals surface area contributed by atoms with Gasteiger partial charge in [-0.3, -0.25) is 19.4 Å². The Kier molecular flexibility index (Phi) is 6.33. The number of pyridine rings is 1. The highest BCUT2D eigenvalue weighted by Gasteiger charge is 2.67. The molecule has 1 fully saturated rings. The summed E-state index contributed by atoms with van der Waals surface area (Å²) in [5.74, 6) is -4.66. The summed E-state index contributed by atoms with van der Waals surface area (Å²) >= 11 is 0. The number of hydrogen-bond donors (Lipinski definition) is 3. The van der Waals surface area contributed by atoms with Crippen LogP contribution in [0.3, 0.4) is 0 Å². The fraction of sp³-hybridized carbons (Fsp3) is 0.161. The summed E-state index contributed by atoms with van der Waals surface area (Å²) in [5, 5.41) is 5.79. The van der Waals surface area contributed by atoms with Crippen molar-refractivity contribution in [1.29, 1.82) is 0 Å². The molecule has 41 heavy (non-hydrogen) atoms. The van der Waals surface area contributed by atoms with E-state index in [0.717, 1.165) is 29.8 Å². The van der Waals surface area contributed by atoms with Crippen molar-refractivity contribution >= 4 is 23.4 Å². The fourth-order valence-electron chi connectivity index (χ4n) is 5.74. The van der Waals surface area contributed by atoms with Gasteiger partial charge in [-0.2, -0.15) is 0 Å². The van der Waals surface area contributed by atoms with Crippen LogP contribution in [0.4, 0.5) is 18.9 Å². The van der Waals surface area contributed by atoms with Gasteiger partial charge in [-0.05, 0) is 65.9 Å². The van der Waals surface area contributed by atoms with E-state index in [0.29, 0.717) is 28.9 Å². The van der Waals surface area contributed by atoms with Gasteiger partial charge in [-0.1, -0.05) is 30.3 Å². The van der Waals surface area contributed by atoms with Crippen molar-refractivity contribution < 1.29 is 27.6 Å². The molecule has 6 rings (SSSR count). The Morgan fingerprint density at radius 1 is 1.02 bits per heavy atom. The van der Waals surface area contributed by atoms with Gasteiger partial charge in [0.05, 0.1) is 28.6 Å². The van der Waals surface area contributed by atoms with E-state index >= 15 is 0 Å². The number of benzene rings is 3. The number of para-hydroxylation sites is 1. The maximum Gasteiger partial charge on any atom is 0.251 e. The largest absolute Gasteiger partial charge is 0.366 e. The number of anilines is 1. The van der Waals surface area contributed by atoms with Crippen molar-refractivity contribution in [1.82, 2.24) is 10.3 Å². The molecule has 0 bridgehead atoms. The fourth-order valence-corrected chi connectivity index (χ4v) is 5.74. The van der Waals surface area contributed by atoms with Crippen molar-refractivity contribution in [2.75, 3.05) is 5.32 Å². The number of carbonyl (C=O) groups is 3. The van der Waals surface area contributed by atoms with E-state index in [2.05, 4.69) is 15.6 Å². The molecular formula is C31H23F3N4O3. The van der Waals surface area contributed by atoms with Crippen molar-refractivity contribution in [3.8, 4) is 11.1 Å². The number of nitrogens with one attached hydrogen (secondary N) is 2. The smallest absolute Gasteiger partial charge is 0.251 e. The Labute approximate surface area is 232 Å². The number of halogens is 3. The quantitative estimate of drug-likeness (QED) is 0.309. The molecule has 1 aliphatic carbocycles. The number of aromatic nitrogens is 1. The first-order valence-corrected chi connectivity index (χ1v) is 12.9. The second-order valence-electron chi connectivity index (χ2n) is 10.3. The third-order valence-corrected chi connectivity index (χ3v) is 7.73. The summed E-state index contributed by atoms with van der Waals surface area (Å²) in [6.07, 6.45) is 1.75. The van der Waals surface area contributed by atoms with Crippen LogP contribution in [0.1, 0.15) is 39.6 Å². The molecule has 1 saturated carbocycles. The molecule has 1 aromatic heterocycles. The average molecular weight is 557 g/mol. The molecule has 3 aromatic carbocycles. The lowest BCUT2D eigenvalue weighted by Crippen LogP contribution is -2.35. The molecule has 1 spiro atoms. The lowest BCUT2D eigenvalue weighted by molar-refractivity contribution is -0.126. The standard InChI is InChI=1S/C31H23F3N4O3/c32-18-10-16(11-19(33)14-18)12-26(27-20(4-3-9-36-27)17-7-8-24(34)21(13-17)28(35)39)37-29(40)23-15-31(23)22-5-1-2-6-25(22)38-30(31)41/h1-11,13-14,23,26H,12,15H2,(H2,35,39)(H,37,40)(H,38,41). The molecule has 3 amide bonds. The summed E-state index contributed by atoms with van der Waals surface area (Å²) in [7, 11) is 0. The van der Waals surface area contributed by atoms with Crippen LogP contribution in [0.15, 0.2) is 79.0 Å². The molecule has 4 aromatic rings. The molecule has 3 atom stereocenters. The average Bonchev–Trinajstić information content (AvgIpc) is 3.63. The first kappa shape index (κ1) is 26.2. The third kappa shape index (κ3) is 4.61. The van der Waals surface area contributed by atoms with E-state index in [1.807, 2.05) is 6.07 Å². The van der Waals surface area contributed by atoms with Crippen molar-refractivity contribution in [3.63, 3.8) is 0 Å². The van der Waals surface area contributed by atoms with Crippen LogP contribution in [-0.2, 0) is 21.4 Å². The molecule has 4 N–H and O–H groups in total. The zero-order valence-electron chi connectivity index (χ0n) is 21.5. The second-order valence-corrected chi connectivity index (χ2v) is 10.3. The number of nitrogens with zero attached hydrogens (tertiary/aromatic N) is 1. The second kappa shape index (κ2) is 9.88. The third-order valence-electron chi connectivity index (χ3n) is 7.73. The molecule has 10 heteroatoms. The van der Waals surface area contributed by atoms with Crippen LogP contribution >= 0.6 is 0 Å². The van der Waals surface area contributed by atoms with Gasteiger partial charge in [0.25, 0.3) is 5.91 Å². The van der Waals surface area contributed by atoms with E-state index < -0.39 is 46.6 Å². The first-order valence-electron chi connectivity index (χ1n) is 12.9. The van der Waals surface area contributed by atoms with E-state index in [1.54, 1.807) is 30.3 Å². The summed E-state index contributed by atoms with van der Waals surface area (Å²) in [6.45, 7) is 0. The maximum absolute atomic E-state index is 14.2. The monoisotopic (exact) mass is 556 g/mol. The molecule has 3 unspecified atom stereocenters. The van der Waals surface area contributed by atoms with Crippen LogP contribution in [0.25, 0.3) is 11.1 Å². The highest BCUT2D eigenvalue weighted by molar-refractivity contribution is 6.12. The van der Waals surface area contributed by atoms with E-state index in [-0.39, 0.29) is 23.5 Å². The molecule has 7 nitrogen and oxygen atoms in total. The van der Waals surface area contributed by atoms with Gasteiger partial charge in [0.2, 0.25) is 11.8 Å². The SMILES string of the molecule is NC(=O)c1cc(-c2cccnc2C(Cc2cc(F)cc(F)c2)NC(=O)C2CC23C(=O)Nc2ccccc23)ccc1F. The zero-order chi connectivity index (χ0) is 28.9. The topological polar surface area (TPSA) is 114 Å². The Balaban J connectivity index is 1.38. The Hall–Kier alpha value is -4.99. The summed E-state index contributed by atoms with van der Waals surface area (Å²) < 4.78 is 42.4. The van der Waals surface area contributed by atoms with Gasteiger partial charge in [0.1, 0.15) is 17.5 Å². The summed E-state index contributed by atoms with van der Waals surface area (Å²) in [6, 6.07) is 16.5. The highest BCUT2D eigenvalue weighted by Crippen LogP contribution is 2.60. The zero-order valence-corrected chi connectivity index (χ0v) is 21.5. The Bertz CT molecular complexity index is 1720. The van der Waals surface area contributed by atoms with Crippen LogP contribution in [0.2, 0.25) is 0 Å².